The second-order valence-electron chi connectivity index (χ2n) is 16.0. The quantitative estimate of drug-likeness (QED) is 0.0201. The van der Waals surface area contributed by atoms with Crippen LogP contribution in [0.5, 0.6) is 0 Å². The van der Waals surface area contributed by atoms with Gasteiger partial charge in [0.15, 0.2) is 6.10 Å². The molecule has 0 N–H and O–H groups in total. The van der Waals surface area contributed by atoms with Crippen LogP contribution in [-0.4, -0.2) is 37.2 Å². The minimum absolute atomic E-state index is 0.0897. The number of carbonyl (C=O) groups excluding carboxylic acids is 3. The number of unbranched alkanes of at least 4 members (excludes halogenated alkanes) is 23. The summed E-state index contributed by atoms with van der Waals surface area (Å²) in [6, 6.07) is 0. The number of hydrogen-bond donors (Lipinski definition) is 0. The molecular formula is C52H90O6. The highest BCUT2D eigenvalue weighted by Gasteiger charge is 2.19. The van der Waals surface area contributed by atoms with Gasteiger partial charge in [-0.1, -0.05) is 178 Å². The van der Waals surface area contributed by atoms with Crippen molar-refractivity contribution in [2.24, 2.45) is 0 Å². The topological polar surface area (TPSA) is 78.9 Å². The summed E-state index contributed by atoms with van der Waals surface area (Å²) >= 11 is 0. The lowest BCUT2D eigenvalue weighted by atomic mass is 10.1. The molecule has 0 aromatic carbocycles. The van der Waals surface area contributed by atoms with E-state index in [1.807, 2.05) is 0 Å². The Hall–Kier alpha value is -2.89. The molecule has 0 saturated carbocycles. The first-order valence-electron chi connectivity index (χ1n) is 24.3. The van der Waals surface area contributed by atoms with Gasteiger partial charge in [0.05, 0.1) is 0 Å². The third-order valence-corrected chi connectivity index (χ3v) is 10.3. The third-order valence-electron chi connectivity index (χ3n) is 10.3. The highest BCUT2D eigenvalue weighted by Crippen LogP contribution is 2.14. The standard InChI is InChI=1S/C52H90O6/c1-4-7-10-13-16-19-21-23-24-25-26-27-28-29-31-33-36-39-42-45-51(54)57-48-49(47-56-50(53)44-41-38-35-32-18-15-12-9-6-3)58-52(55)46-43-40-37-34-30-22-20-17-14-11-8-5-2/h9,12,16-21,23,32,49H,4-8,10-11,13-15,22,24-31,33-48H2,1-3H3/b12-9-,19-16-,20-17-,23-21-,32-18-. The number of carbonyl (C=O) groups is 3. The maximum Gasteiger partial charge on any atom is 0.306 e. The second kappa shape index (κ2) is 46.8. The monoisotopic (exact) mass is 811 g/mol. The first kappa shape index (κ1) is 55.1. The molecule has 0 saturated heterocycles. The summed E-state index contributed by atoms with van der Waals surface area (Å²) in [7, 11) is 0. The number of esters is 3. The average molecular weight is 811 g/mol. The molecule has 0 spiro atoms. The van der Waals surface area contributed by atoms with Crippen LogP contribution in [0.15, 0.2) is 60.8 Å². The first-order chi connectivity index (χ1) is 28.5. The smallest absolute Gasteiger partial charge is 0.306 e. The summed E-state index contributed by atoms with van der Waals surface area (Å²) in [5.41, 5.74) is 0. The zero-order valence-corrected chi connectivity index (χ0v) is 38.0. The summed E-state index contributed by atoms with van der Waals surface area (Å²) in [5.74, 6) is -0.942. The van der Waals surface area contributed by atoms with E-state index in [4.69, 9.17) is 14.2 Å². The van der Waals surface area contributed by atoms with Gasteiger partial charge in [-0.25, -0.2) is 0 Å². The minimum atomic E-state index is -0.789. The van der Waals surface area contributed by atoms with Crippen LogP contribution in [0.1, 0.15) is 233 Å². The van der Waals surface area contributed by atoms with Crippen molar-refractivity contribution in [3.05, 3.63) is 60.8 Å². The molecule has 0 rings (SSSR count). The molecule has 1 atom stereocenters. The molecular weight excluding hydrogens is 721 g/mol. The van der Waals surface area contributed by atoms with Crippen LogP contribution in [-0.2, 0) is 28.6 Å². The second-order valence-corrected chi connectivity index (χ2v) is 16.0. The molecule has 0 fully saturated rings. The van der Waals surface area contributed by atoms with Gasteiger partial charge >= 0.3 is 17.9 Å². The number of allylic oxidation sites excluding steroid dienone is 10. The summed E-state index contributed by atoms with van der Waals surface area (Å²) < 4.78 is 16.7. The van der Waals surface area contributed by atoms with Crippen molar-refractivity contribution in [3.8, 4) is 0 Å². The average Bonchev–Trinajstić information content (AvgIpc) is 3.22. The molecule has 6 heteroatoms. The van der Waals surface area contributed by atoms with Crippen molar-refractivity contribution < 1.29 is 28.6 Å². The highest BCUT2D eigenvalue weighted by atomic mass is 16.6. The fourth-order valence-electron chi connectivity index (χ4n) is 6.58. The van der Waals surface area contributed by atoms with Gasteiger partial charge in [-0.2, -0.15) is 0 Å². The zero-order valence-electron chi connectivity index (χ0n) is 38.0. The van der Waals surface area contributed by atoms with E-state index in [0.717, 1.165) is 83.5 Å². The lowest BCUT2D eigenvalue weighted by Crippen LogP contribution is -2.30. The molecule has 0 radical (unpaired) electrons. The molecule has 0 heterocycles. The van der Waals surface area contributed by atoms with Gasteiger partial charge in [0.2, 0.25) is 0 Å². The summed E-state index contributed by atoms with van der Waals surface area (Å²) in [5, 5.41) is 0. The predicted octanol–water partition coefficient (Wildman–Crippen LogP) is 15.7. The Morgan fingerprint density at radius 3 is 1.19 bits per heavy atom. The fraction of sp³-hybridized carbons (Fsp3) is 0.750. The van der Waals surface area contributed by atoms with E-state index >= 15 is 0 Å². The number of hydrogen-bond acceptors (Lipinski definition) is 6. The van der Waals surface area contributed by atoms with Crippen molar-refractivity contribution in [2.45, 2.75) is 239 Å². The van der Waals surface area contributed by atoms with Crippen molar-refractivity contribution >= 4 is 17.9 Å². The summed E-state index contributed by atoms with van der Waals surface area (Å²) in [6.07, 6.45) is 56.4. The fourth-order valence-corrected chi connectivity index (χ4v) is 6.58. The Morgan fingerprint density at radius 1 is 0.379 bits per heavy atom. The van der Waals surface area contributed by atoms with Crippen molar-refractivity contribution in [1.82, 2.24) is 0 Å². The molecule has 0 aliphatic rings. The third kappa shape index (κ3) is 44.2. The van der Waals surface area contributed by atoms with Crippen LogP contribution in [0.3, 0.4) is 0 Å². The number of ether oxygens (including phenoxy) is 3. The molecule has 0 aromatic heterocycles. The molecule has 0 aliphatic heterocycles. The Bertz CT molecular complexity index is 1070. The van der Waals surface area contributed by atoms with E-state index in [0.29, 0.717) is 19.3 Å². The molecule has 1 unspecified atom stereocenters. The normalized spacial score (nSPS) is 12.5. The SMILES string of the molecule is CC/C=C\C/C=C\CCCCC(=O)OCC(COC(=O)CCCCCCCCCCCC/C=C\C=C/CCCCC)OC(=O)CCCCCCC/C=C\CCCCC. The van der Waals surface area contributed by atoms with E-state index in [9.17, 15) is 14.4 Å². The molecule has 334 valence electrons. The Morgan fingerprint density at radius 2 is 0.724 bits per heavy atom. The maximum atomic E-state index is 12.7. The van der Waals surface area contributed by atoms with Gasteiger partial charge in [0, 0.05) is 19.3 Å². The lowest BCUT2D eigenvalue weighted by Gasteiger charge is -2.18. The van der Waals surface area contributed by atoms with Crippen molar-refractivity contribution in [2.75, 3.05) is 13.2 Å². The van der Waals surface area contributed by atoms with Crippen LogP contribution in [0.4, 0.5) is 0 Å². The first-order valence-corrected chi connectivity index (χ1v) is 24.3. The number of rotatable bonds is 43. The molecule has 0 bridgehead atoms. The van der Waals surface area contributed by atoms with E-state index in [1.165, 1.54) is 109 Å². The van der Waals surface area contributed by atoms with Gasteiger partial charge < -0.3 is 14.2 Å². The molecule has 0 aliphatic carbocycles. The molecule has 6 nitrogen and oxygen atoms in total. The predicted molar refractivity (Wildman–Crippen MR) is 247 cm³/mol. The summed E-state index contributed by atoms with van der Waals surface area (Å²) in [4.78, 5) is 37.7. The molecule has 0 aromatic rings. The van der Waals surface area contributed by atoms with Crippen molar-refractivity contribution in [3.63, 3.8) is 0 Å². The van der Waals surface area contributed by atoms with Gasteiger partial charge in [0.25, 0.3) is 0 Å². The largest absolute Gasteiger partial charge is 0.462 e. The van der Waals surface area contributed by atoms with Crippen LogP contribution in [0.2, 0.25) is 0 Å². The zero-order chi connectivity index (χ0) is 42.3. The summed E-state index contributed by atoms with van der Waals surface area (Å²) in [6.45, 7) is 6.41. The van der Waals surface area contributed by atoms with E-state index < -0.39 is 6.10 Å². The van der Waals surface area contributed by atoms with Gasteiger partial charge in [-0.05, 0) is 96.3 Å². The van der Waals surface area contributed by atoms with E-state index in [-0.39, 0.29) is 31.1 Å². The van der Waals surface area contributed by atoms with Crippen LogP contribution in [0, 0.1) is 0 Å². The Labute approximate surface area is 358 Å². The molecule has 58 heavy (non-hydrogen) atoms. The minimum Gasteiger partial charge on any atom is -0.462 e. The van der Waals surface area contributed by atoms with Crippen LogP contribution >= 0.6 is 0 Å². The Balaban J connectivity index is 4.31. The van der Waals surface area contributed by atoms with Gasteiger partial charge in [0.1, 0.15) is 13.2 Å². The Kier molecular flexibility index (Phi) is 44.5. The highest BCUT2D eigenvalue weighted by molar-refractivity contribution is 5.71. The van der Waals surface area contributed by atoms with Crippen LogP contribution < -0.4 is 0 Å². The van der Waals surface area contributed by atoms with Crippen molar-refractivity contribution in [1.29, 1.82) is 0 Å². The van der Waals surface area contributed by atoms with E-state index in [1.54, 1.807) is 0 Å². The molecule has 0 amide bonds. The van der Waals surface area contributed by atoms with Gasteiger partial charge in [-0.15, -0.1) is 0 Å². The lowest BCUT2D eigenvalue weighted by molar-refractivity contribution is -0.167. The van der Waals surface area contributed by atoms with Crippen LogP contribution in [0.25, 0.3) is 0 Å². The van der Waals surface area contributed by atoms with E-state index in [2.05, 4.69) is 81.5 Å². The van der Waals surface area contributed by atoms with Gasteiger partial charge in [-0.3, -0.25) is 14.4 Å². The maximum absolute atomic E-state index is 12.7.